The van der Waals surface area contributed by atoms with Crippen molar-refractivity contribution in [1.82, 2.24) is 14.5 Å². The normalized spacial score (nSPS) is 12.5. The quantitative estimate of drug-likeness (QED) is 0.688. The van der Waals surface area contributed by atoms with Gasteiger partial charge in [-0.2, -0.15) is 0 Å². The summed E-state index contributed by atoms with van der Waals surface area (Å²) in [5, 5.41) is 0. The molecule has 5 heteroatoms. The number of nitrogens with zero attached hydrogens (tertiary/aromatic N) is 3. The largest absolute Gasteiger partial charge is 0.497 e. The molecule has 0 aliphatic heterocycles. The molecule has 4 nitrogen and oxygen atoms in total. The second-order valence-electron chi connectivity index (χ2n) is 4.84. The molecule has 0 aliphatic carbocycles. The number of fused-ring (bicyclic) bond motifs is 1. The lowest BCUT2D eigenvalue weighted by Gasteiger charge is -2.17. The van der Waals surface area contributed by atoms with Crippen molar-refractivity contribution < 1.29 is 4.74 Å². The lowest BCUT2D eigenvalue weighted by molar-refractivity contribution is 0.415. The van der Waals surface area contributed by atoms with Gasteiger partial charge in [0, 0.05) is 18.5 Å². The van der Waals surface area contributed by atoms with E-state index in [1.165, 1.54) is 5.56 Å². The molecule has 3 aromatic rings. The molecule has 0 radical (unpaired) electrons. The first-order chi connectivity index (χ1) is 10.2. The van der Waals surface area contributed by atoms with E-state index in [1.54, 1.807) is 19.5 Å². The zero-order valence-electron chi connectivity index (χ0n) is 12.0. The Balaban J connectivity index is 2.19. The van der Waals surface area contributed by atoms with E-state index in [2.05, 4.69) is 21.5 Å². The number of methoxy groups -OCH3 is 1. The molecule has 3 rings (SSSR count). The lowest BCUT2D eigenvalue weighted by atomic mass is 10.1. The summed E-state index contributed by atoms with van der Waals surface area (Å²) in [4.78, 5) is 8.68. The van der Waals surface area contributed by atoms with Gasteiger partial charge < -0.3 is 9.30 Å². The van der Waals surface area contributed by atoms with Gasteiger partial charge in [-0.3, -0.25) is 4.98 Å². The molecule has 0 N–H and O–H groups in total. The van der Waals surface area contributed by atoms with E-state index in [4.69, 9.17) is 16.3 Å². The fraction of sp³-hybridized carbons (Fsp3) is 0.250. The number of aromatic nitrogens is 3. The Kier molecular flexibility index (Phi) is 3.80. The SMILES string of the molecule is COc1ccc2nc(CCl)n(C(C)c3ccncc3)c2c1. The highest BCUT2D eigenvalue weighted by Gasteiger charge is 2.17. The average molecular weight is 302 g/mol. The summed E-state index contributed by atoms with van der Waals surface area (Å²) < 4.78 is 7.47. The first-order valence-corrected chi connectivity index (χ1v) is 7.28. The van der Waals surface area contributed by atoms with Gasteiger partial charge in [-0.15, -0.1) is 11.6 Å². The van der Waals surface area contributed by atoms with Crippen LogP contribution in [0.15, 0.2) is 42.7 Å². The van der Waals surface area contributed by atoms with E-state index < -0.39 is 0 Å². The molecular formula is C16H16ClN3O. The van der Waals surface area contributed by atoms with Crippen LogP contribution in [-0.4, -0.2) is 21.6 Å². The van der Waals surface area contributed by atoms with Crippen LogP contribution in [0.2, 0.25) is 0 Å². The molecule has 0 amide bonds. The molecule has 108 valence electrons. The van der Waals surface area contributed by atoms with Gasteiger partial charge in [0.25, 0.3) is 0 Å². The van der Waals surface area contributed by atoms with Gasteiger partial charge in [0.1, 0.15) is 11.6 Å². The minimum atomic E-state index is 0.124. The number of imidazole rings is 1. The van der Waals surface area contributed by atoms with Crippen molar-refractivity contribution in [3.05, 3.63) is 54.1 Å². The standard InChI is InChI=1S/C16H16ClN3O/c1-11(12-5-7-18-8-6-12)20-15-9-13(21-2)3-4-14(15)19-16(20)10-17/h3-9,11H,10H2,1-2H3. The second-order valence-corrected chi connectivity index (χ2v) is 5.11. The number of hydrogen-bond acceptors (Lipinski definition) is 3. The number of hydrogen-bond donors (Lipinski definition) is 0. The van der Waals surface area contributed by atoms with E-state index in [-0.39, 0.29) is 6.04 Å². The molecule has 0 spiro atoms. The van der Waals surface area contributed by atoms with Crippen molar-refractivity contribution in [2.75, 3.05) is 7.11 Å². The molecule has 0 saturated carbocycles. The van der Waals surface area contributed by atoms with E-state index in [0.29, 0.717) is 5.88 Å². The van der Waals surface area contributed by atoms with E-state index in [0.717, 1.165) is 22.6 Å². The minimum absolute atomic E-state index is 0.124. The third kappa shape index (κ3) is 2.47. The number of benzene rings is 1. The van der Waals surface area contributed by atoms with Crippen LogP contribution in [0.4, 0.5) is 0 Å². The summed E-state index contributed by atoms with van der Waals surface area (Å²) in [6, 6.07) is 10.0. The van der Waals surface area contributed by atoms with Gasteiger partial charge in [-0.25, -0.2) is 4.98 Å². The molecule has 0 aliphatic rings. The predicted molar refractivity (Wildman–Crippen MR) is 83.9 cm³/mol. The molecule has 1 unspecified atom stereocenters. The third-order valence-corrected chi connectivity index (χ3v) is 3.90. The number of ether oxygens (including phenoxy) is 1. The van der Waals surface area contributed by atoms with Gasteiger partial charge in [0.15, 0.2) is 0 Å². The summed E-state index contributed by atoms with van der Waals surface area (Å²) in [6.07, 6.45) is 3.60. The maximum atomic E-state index is 6.08. The van der Waals surface area contributed by atoms with Crippen molar-refractivity contribution in [3.8, 4) is 5.75 Å². The van der Waals surface area contributed by atoms with E-state index in [1.807, 2.05) is 30.3 Å². The van der Waals surface area contributed by atoms with Crippen molar-refractivity contribution in [1.29, 1.82) is 0 Å². The summed E-state index contributed by atoms with van der Waals surface area (Å²) in [6.45, 7) is 2.13. The summed E-state index contributed by atoms with van der Waals surface area (Å²) in [7, 11) is 1.66. The Hall–Kier alpha value is -2.07. The van der Waals surface area contributed by atoms with Crippen LogP contribution < -0.4 is 4.74 Å². The molecule has 1 aromatic carbocycles. The second kappa shape index (κ2) is 5.74. The predicted octanol–water partition coefficient (Wildman–Crippen LogP) is 3.79. The Morgan fingerprint density at radius 2 is 2.00 bits per heavy atom. The third-order valence-electron chi connectivity index (χ3n) is 3.67. The molecule has 1 atom stereocenters. The molecule has 0 bridgehead atoms. The Morgan fingerprint density at radius 1 is 1.24 bits per heavy atom. The van der Waals surface area contributed by atoms with Crippen LogP contribution in [0.1, 0.15) is 24.4 Å². The fourth-order valence-electron chi connectivity index (χ4n) is 2.57. The maximum Gasteiger partial charge on any atom is 0.125 e. The van der Waals surface area contributed by atoms with E-state index in [9.17, 15) is 0 Å². The first-order valence-electron chi connectivity index (χ1n) is 6.75. The number of rotatable bonds is 4. The highest BCUT2D eigenvalue weighted by Crippen LogP contribution is 2.29. The summed E-state index contributed by atoms with van der Waals surface area (Å²) in [5.41, 5.74) is 3.11. The summed E-state index contributed by atoms with van der Waals surface area (Å²) in [5.74, 6) is 2.03. The molecule has 2 heterocycles. The van der Waals surface area contributed by atoms with E-state index >= 15 is 0 Å². The Morgan fingerprint density at radius 3 is 2.67 bits per heavy atom. The van der Waals surface area contributed by atoms with Crippen molar-refractivity contribution in [2.24, 2.45) is 0 Å². The van der Waals surface area contributed by atoms with Crippen LogP contribution in [0.5, 0.6) is 5.75 Å². The van der Waals surface area contributed by atoms with Crippen molar-refractivity contribution >= 4 is 22.6 Å². The topological polar surface area (TPSA) is 39.9 Å². The Bertz CT molecular complexity index is 755. The highest BCUT2D eigenvalue weighted by molar-refractivity contribution is 6.16. The highest BCUT2D eigenvalue weighted by atomic mass is 35.5. The lowest BCUT2D eigenvalue weighted by Crippen LogP contribution is -2.10. The monoisotopic (exact) mass is 301 g/mol. The number of pyridine rings is 1. The zero-order chi connectivity index (χ0) is 14.8. The number of alkyl halides is 1. The minimum Gasteiger partial charge on any atom is -0.497 e. The molecule has 0 fully saturated rings. The van der Waals surface area contributed by atoms with Gasteiger partial charge >= 0.3 is 0 Å². The van der Waals surface area contributed by atoms with Crippen LogP contribution in [0.25, 0.3) is 11.0 Å². The van der Waals surface area contributed by atoms with Crippen LogP contribution in [-0.2, 0) is 5.88 Å². The average Bonchev–Trinajstić information content (AvgIpc) is 2.92. The fourth-order valence-corrected chi connectivity index (χ4v) is 2.76. The van der Waals surface area contributed by atoms with Gasteiger partial charge in [-0.1, -0.05) is 0 Å². The van der Waals surface area contributed by atoms with Crippen LogP contribution in [0, 0.1) is 0 Å². The van der Waals surface area contributed by atoms with Crippen molar-refractivity contribution in [2.45, 2.75) is 18.8 Å². The molecule has 2 aromatic heterocycles. The maximum absolute atomic E-state index is 6.08. The molecule has 21 heavy (non-hydrogen) atoms. The zero-order valence-corrected chi connectivity index (χ0v) is 12.7. The smallest absolute Gasteiger partial charge is 0.125 e. The molecule has 0 saturated heterocycles. The Labute approximate surface area is 128 Å². The van der Waals surface area contributed by atoms with Crippen molar-refractivity contribution in [3.63, 3.8) is 0 Å². The number of halogens is 1. The van der Waals surface area contributed by atoms with Gasteiger partial charge in [-0.05, 0) is 36.8 Å². The van der Waals surface area contributed by atoms with Crippen LogP contribution >= 0.6 is 11.6 Å². The van der Waals surface area contributed by atoms with Gasteiger partial charge in [0.05, 0.1) is 30.1 Å². The first kappa shape index (κ1) is 13.9. The molecular weight excluding hydrogens is 286 g/mol. The van der Waals surface area contributed by atoms with Gasteiger partial charge in [0.2, 0.25) is 0 Å². The van der Waals surface area contributed by atoms with Crippen LogP contribution in [0.3, 0.4) is 0 Å². The summed E-state index contributed by atoms with van der Waals surface area (Å²) >= 11 is 6.08.